The molecule has 0 aliphatic heterocycles. The van der Waals surface area contributed by atoms with Crippen LogP contribution in [0.3, 0.4) is 0 Å². The molecule has 0 aromatic heterocycles. The van der Waals surface area contributed by atoms with Crippen LogP contribution in [0.1, 0.15) is 49.9 Å². The number of unbranched alkanes of at least 4 members (excludes halogenated alkanes) is 1. The summed E-state index contributed by atoms with van der Waals surface area (Å²) in [6, 6.07) is 5.23. The summed E-state index contributed by atoms with van der Waals surface area (Å²) in [5.74, 6) is 1.89. The normalized spacial score (nSPS) is 11.9. The highest BCUT2D eigenvalue weighted by Crippen LogP contribution is 2.28. The predicted molar refractivity (Wildman–Crippen MR) is 77.2 cm³/mol. The topological polar surface area (TPSA) is 35.5 Å². The first-order valence-electron chi connectivity index (χ1n) is 7.01. The van der Waals surface area contributed by atoms with Crippen molar-refractivity contribution in [3.63, 3.8) is 0 Å². The Balaban J connectivity index is 2.66. The number of carbonyl (C=O) groups excluding carboxylic acids is 1. The first kappa shape index (κ1) is 15.5. The predicted octanol–water partition coefficient (Wildman–Crippen LogP) is 4.10. The van der Waals surface area contributed by atoms with E-state index >= 15 is 0 Å². The summed E-state index contributed by atoms with van der Waals surface area (Å²) in [4.78, 5) is 10.8. The number of rotatable bonds is 9. The Morgan fingerprint density at radius 2 is 2.05 bits per heavy atom. The van der Waals surface area contributed by atoms with E-state index in [1.54, 1.807) is 25.3 Å². The maximum atomic E-state index is 10.8. The minimum Gasteiger partial charge on any atom is -0.493 e. The van der Waals surface area contributed by atoms with Gasteiger partial charge in [-0.15, -0.1) is 0 Å². The Bertz CT molecular complexity index is 388. The maximum absolute atomic E-state index is 10.8. The largest absolute Gasteiger partial charge is 0.493 e. The molecule has 1 rings (SSSR count). The second kappa shape index (κ2) is 8.57. The monoisotopic (exact) mass is 264 g/mol. The van der Waals surface area contributed by atoms with E-state index in [1.165, 1.54) is 19.3 Å². The summed E-state index contributed by atoms with van der Waals surface area (Å²) in [6.45, 7) is 5.06. The lowest BCUT2D eigenvalue weighted by atomic mass is 10.0. The van der Waals surface area contributed by atoms with E-state index < -0.39 is 0 Å². The van der Waals surface area contributed by atoms with Crippen molar-refractivity contribution in [2.75, 3.05) is 13.7 Å². The van der Waals surface area contributed by atoms with Gasteiger partial charge in [-0.3, -0.25) is 4.79 Å². The highest BCUT2D eigenvalue weighted by molar-refractivity contribution is 5.76. The van der Waals surface area contributed by atoms with Crippen LogP contribution in [-0.4, -0.2) is 20.0 Å². The van der Waals surface area contributed by atoms with Crippen molar-refractivity contribution < 1.29 is 14.3 Å². The van der Waals surface area contributed by atoms with Crippen LogP contribution in [0.4, 0.5) is 0 Å². The van der Waals surface area contributed by atoms with Gasteiger partial charge in [-0.1, -0.05) is 33.1 Å². The number of carbonyl (C=O) groups is 1. The van der Waals surface area contributed by atoms with Gasteiger partial charge in [0.25, 0.3) is 0 Å². The van der Waals surface area contributed by atoms with E-state index in [2.05, 4.69) is 13.8 Å². The molecule has 0 saturated heterocycles. The maximum Gasteiger partial charge on any atom is 0.161 e. The molecule has 0 bridgehead atoms. The van der Waals surface area contributed by atoms with Crippen molar-refractivity contribution in [3.05, 3.63) is 23.8 Å². The molecular weight excluding hydrogens is 240 g/mol. The molecule has 0 fully saturated rings. The van der Waals surface area contributed by atoms with Gasteiger partial charge in [0.15, 0.2) is 11.5 Å². The Hall–Kier alpha value is -1.51. The zero-order valence-corrected chi connectivity index (χ0v) is 12.1. The zero-order chi connectivity index (χ0) is 14.1. The summed E-state index contributed by atoms with van der Waals surface area (Å²) in [7, 11) is 1.61. The molecule has 0 N–H and O–H groups in total. The van der Waals surface area contributed by atoms with Gasteiger partial charge in [0.2, 0.25) is 0 Å². The number of aldehydes is 1. The van der Waals surface area contributed by atoms with Crippen LogP contribution in [0, 0.1) is 5.92 Å². The molecule has 3 nitrogen and oxygen atoms in total. The Morgan fingerprint density at radius 3 is 2.63 bits per heavy atom. The van der Waals surface area contributed by atoms with Crippen molar-refractivity contribution in [2.45, 2.75) is 39.5 Å². The van der Waals surface area contributed by atoms with Crippen molar-refractivity contribution in [2.24, 2.45) is 5.92 Å². The third-order valence-corrected chi connectivity index (χ3v) is 3.34. The molecule has 0 aliphatic rings. The smallest absolute Gasteiger partial charge is 0.161 e. The summed E-state index contributed by atoms with van der Waals surface area (Å²) in [5.41, 5.74) is 0.609. The second-order valence-corrected chi connectivity index (χ2v) is 4.76. The van der Waals surface area contributed by atoms with E-state index in [0.717, 1.165) is 12.7 Å². The Morgan fingerprint density at radius 1 is 1.26 bits per heavy atom. The summed E-state index contributed by atoms with van der Waals surface area (Å²) in [6.07, 6.45) is 5.55. The molecule has 0 spiro atoms. The molecule has 1 aromatic rings. The second-order valence-electron chi connectivity index (χ2n) is 4.76. The zero-order valence-electron chi connectivity index (χ0n) is 12.1. The van der Waals surface area contributed by atoms with Gasteiger partial charge >= 0.3 is 0 Å². The van der Waals surface area contributed by atoms with Crippen molar-refractivity contribution >= 4 is 6.29 Å². The van der Waals surface area contributed by atoms with Gasteiger partial charge in [0.1, 0.15) is 6.29 Å². The van der Waals surface area contributed by atoms with Gasteiger partial charge in [-0.25, -0.2) is 0 Å². The molecule has 106 valence electrons. The van der Waals surface area contributed by atoms with Crippen LogP contribution >= 0.6 is 0 Å². The first-order chi connectivity index (χ1) is 9.24. The average molecular weight is 264 g/mol. The van der Waals surface area contributed by atoms with Crippen LogP contribution in [0.15, 0.2) is 18.2 Å². The van der Waals surface area contributed by atoms with Crippen LogP contribution in [-0.2, 0) is 0 Å². The number of methoxy groups -OCH3 is 1. The molecule has 1 aromatic carbocycles. The molecule has 19 heavy (non-hydrogen) atoms. The lowest BCUT2D eigenvalue weighted by Gasteiger charge is -2.17. The van der Waals surface area contributed by atoms with Crippen LogP contribution in [0.25, 0.3) is 0 Å². The Kier molecular flexibility index (Phi) is 7.01. The Labute approximate surface area is 115 Å². The number of hydrogen-bond donors (Lipinski definition) is 0. The SMILES string of the molecule is CCCC[C@H](CC)COc1cc(C=O)ccc1OC. The van der Waals surface area contributed by atoms with Gasteiger partial charge in [0.05, 0.1) is 13.7 Å². The van der Waals surface area contributed by atoms with E-state index in [0.29, 0.717) is 29.6 Å². The van der Waals surface area contributed by atoms with Gasteiger partial charge in [0, 0.05) is 5.56 Å². The van der Waals surface area contributed by atoms with E-state index in [4.69, 9.17) is 9.47 Å². The quantitative estimate of drug-likeness (QED) is 0.630. The molecule has 0 saturated carbocycles. The molecule has 0 unspecified atom stereocenters. The van der Waals surface area contributed by atoms with E-state index in [9.17, 15) is 4.79 Å². The van der Waals surface area contributed by atoms with Crippen molar-refractivity contribution in [1.29, 1.82) is 0 Å². The van der Waals surface area contributed by atoms with Gasteiger partial charge < -0.3 is 9.47 Å². The fourth-order valence-corrected chi connectivity index (χ4v) is 1.99. The molecular formula is C16H24O3. The molecule has 0 aliphatic carbocycles. The number of hydrogen-bond acceptors (Lipinski definition) is 3. The van der Waals surface area contributed by atoms with Crippen molar-refractivity contribution in [1.82, 2.24) is 0 Å². The summed E-state index contributed by atoms with van der Waals surface area (Å²) in [5, 5.41) is 0. The lowest BCUT2D eigenvalue weighted by Crippen LogP contribution is -2.11. The van der Waals surface area contributed by atoms with Crippen LogP contribution in [0.5, 0.6) is 11.5 Å². The fraction of sp³-hybridized carbons (Fsp3) is 0.562. The van der Waals surface area contributed by atoms with Gasteiger partial charge in [-0.2, -0.15) is 0 Å². The van der Waals surface area contributed by atoms with E-state index in [-0.39, 0.29) is 0 Å². The third kappa shape index (κ3) is 4.93. The standard InChI is InChI=1S/C16H24O3/c1-4-6-7-13(5-2)12-19-16-10-14(11-17)8-9-15(16)18-3/h8-11,13H,4-7,12H2,1-3H3/t13-/m0/s1. The van der Waals surface area contributed by atoms with Crippen molar-refractivity contribution in [3.8, 4) is 11.5 Å². The minimum atomic E-state index is 0.560. The van der Waals surface area contributed by atoms with Gasteiger partial charge in [-0.05, 0) is 30.5 Å². The average Bonchev–Trinajstić information content (AvgIpc) is 2.47. The summed E-state index contributed by atoms with van der Waals surface area (Å²) >= 11 is 0. The third-order valence-electron chi connectivity index (χ3n) is 3.34. The molecule has 0 heterocycles. The lowest BCUT2D eigenvalue weighted by molar-refractivity contribution is 0.112. The molecule has 1 atom stereocenters. The molecule has 3 heteroatoms. The number of ether oxygens (including phenoxy) is 2. The first-order valence-corrected chi connectivity index (χ1v) is 7.01. The van der Waals surface area contributed by atoms with E-state index in [1.807, 2.05) is 0 Å². The highest BCUT2D eigenvalue weighted by atomic mass is 16.5. The molecule has 0 amide bonds. The van der Waals surface area contributed by atoms with Crippen LogP contribution < -0.4 is 9.47 Å². The highest BCUT2D eigenvalue weighted by Gasteiger charge is 2.10. The molecule has 0 radical (unpaired) electrons. The van der Waals surface area contributed by atoms with Crippen LogP contribution in [0.2, 0.25) is 0 Å². The summed E-state index contributed by atoms with van der Waals surface area (Å²) < 4.78 is 11.1. The number of benzene rings is 1. The minimum absolute atomic E-state index is 0.560. The fourth-order valence-electron chi connectivity index (χ4n) is 1.99.